The number of aromatic amines is 1. The van der Waals surface area contributed by atoms with E-state index in [2.05, 4.69) is 15.3 Å². The average molecular weight is 349 g/mol. The Morgan fingerprint density at radius 1 is 1.38 bits per heavy atom. The van der Waals surface area contributed by atoms with Gasteiger partial charge in [-0.3, -0.25) is 9.59 Å². The van der Waals surface area contributed by atoms with Crippen LogP contribution in [0.15, 0.2) is 22.3 Å². The van der Waals surface area contributed by atoms with Gasteiger partial charge in [0.1, 0.15) is 17.0 Å². The summed E-state index contributed by atoms with van der Waals surface area (Å²) in [5.41, 5.74) is -1.63. The van der Waals surface area contributed by atoms with Gasteiger partial charge in [0.05, 0.1) is 12.2 Å². The summed E-state index contributed by atoms with van der Waals surface area (Å²) in [6, 6.07) is 3.63. The Balaban J connectivity index is 2.20. The Morgan fingerprint density at radius 2 is 2.04 bits per heavy atom. The number of aliphatic hydroxyl groups is 1. The van der Waals surface area contributed by atoms with Crippen molar-refractivity contribution in [1.82, 2.24) is 15.3 Å². The Hall–Kier alpha value is -1.99. The smallest absolute Gasteiger partial charge is 0.264 e. The van der Waals surface area contributed by atoms with Crippen molar-refractivity contribution in [2.24, 2.45) is 0 Å². The van der Waals surface area contributed by atoms with Gasteiger partial charge in [0.15, 0.2) is 0 Å². The summed E-state index contributed by atoms with van der Waals surface area (Å²) in [5, 5.41) is 14.9. The molecule has 2 heterocycles. The molecule has 0 saturated heterocycles. The normalized spacial score (nSPS) is 14.2. The molecule has 1 atom stereocenters. The maximum atomic E-state index is 12.4. The van der Waals surface area contributed by atoms with Crippen LogP contribution >= 0.6 is 11.3 Å². The number of thiophene rings is 1. The molecule has 3 N–H and O–H groups in total. The highest BCUT2D eigenvalue weighted by Crippen LogP contribution is 2.24. The van der Waals surface area contributed by atoms with Gasteiger partial charge < -0.3 is 15.4 Å². The van der Waals surface area contributed by atoms with Gasteiger partial charge in [0.2, 0.25) is 0 Å². The van der Waals surface area contributed by atoms with Crippen molar-refractivity contribution in [3.63, 3.8) is 0 Å². The zero-order chi connectivity index (χ0) is 18.1. The topological polar surface area (TPSA) is 95.1 Å². The Kier molecular flexibility index (Phi) is 4.96. The lowest BCUT2D eigenvalue weighted by Gasteiger charge is -2.22. The van der Waals surface area contributed by atoms with Crippen molar-refractivity contribution >= 4 is 17.2 Å². The SMILES string of the molecule is Cc1nc(C(C)(C)C)[nH]c(=O)c1C(=O)NCC(C)(O)c1cccs1. The number of H-pyrrole nitrogens is 1. The van der Waals surface area contributed by atoms with Gasteiger partial charge in [-0.1, -0.05) is 26.8 Å². The standard InChI is InChI=1S/C17H23N3O3S/c1-10-12(14(22)20-15(19-10)16(2,3)4)13(21)18-9-17(5,23)11-7-6-8-24-11/h6-8,23H,9H2,1-5H3,(H,18,21)(H,19,20,22). The molecular weight excluding hydrogens is 326 g/mol. The molecule has 2 aromatic heterocycles. The number of aromatic nitrogens is 2. The average Bonchev–Trinajstić information content (AvgIpc) is 2.98. The summed E-state index contributed by atoms with van der Waals surface area (Å²) in [7, 11) is 0. The minimum Gasteiger partial charge on any atom is -0.383 e. The van der Waals surface area contributed by atoms with Crippen molar-refractivity contribution in [3.8, 4) is 0 Å². The maximum absolute atomic E-state index is 12.4. The largest absolute Gasteiger partial charge is 0.383 e. The van der Waals surface area contributed by atoms with Gasteiger partial charge >= 0.3 is 0 Å². The van der Waals surface area contributed by atoms with Crippen LogP contribution in [-0.2, 0) is 11.0 Å². The second kappa shape index (κ2) is 6.49. The first kappa shape index (κ1) is 18.4. The van der Waals surface area contributed by atoms with Gasteiger partial charge in [-0.2, -0.15) is 0 Å². The summed E-state index contributed by atoms with van der Waals surface area (Å²) in [6.45, 7) is 9.06. The monoisotopic (exact) mass is 349 g/mol. The van der Waals surface area contributed by atoms with Crippen LogP contribution in [0, 0.1) is 6.92 Å². The quantitative estimate of drug-likeness (QED) is 0.787. The molecule has 0 aliphatic heterocycles. The van der Waals surface area contributed by atoms with Crippen molar-refractivity contribution in [1.29, 1.82) is 0 Å². The third-order valence-corrected chi connectivity index (χ3v) is 4.81. The van der Waals surface area contributed by atoms with Crippen LogP contribution < -0.4 is 10.9 Å². The van der Waals surface area contributed by atoms with Crippen LogP contribution in [0.1, 0.15) is 54.4 Å². The number of hydrogen-bond donors (Lipinski definition) is 3. The van der Waals surface area contributed by atoms with E-state index in [4.69, 9.17) is 0 Å². The lowest BCUT2D eigenvalue weighted by molar-refractivity contribution is 0.0556. The highest BCUT2D eigenvalue weighted by molar-refractivity contribution is 7.10. The zero-order valence-electron chi connectivity index (χ0n) is 14.6. The number of nitrogens with one attached hydrogen (secondary N) is 2. The highest BCUT2D eigenvalue weighted by Gasteiger charge is 2.27. The molecule has 6 nitrogen and oxygen atoms in total. The van der Waals surface area contributed by atoms with E-state index < -0.39 is 17.1 Å². The molecule has 0 radical (unpaired) electrons. The molecule has 1 amide bonds. The maximum Gasteiger partial charge on any atom is 0.264 e. The van der Waals surface area contributed by atoms with E-state index in [0.717, 1.165) is 4.88 Å². The number of nitrogens with zero attached hydrogens (tertiary/aromatic N) is 1. The number of aryl methyl sites for hydroxylation is 1. The third-order valence-electron chi connectivity index (χ3n) is 3.68. The molecular formula is C17H23N3O3S. The number of amides is 1. The van der Waals surface area contributed by atoms with Crippen molar-refractivity contribution in [2.45, 2.75) is 45.6 Å². The molecule has 0 saturated carbocycles. The van der Waals surface area contributed by atoms with E-state index in [1.54, 1.807) is 19.9 Å². The number of rotatable bonds is 4. The first-order chi connectivity index (χ1) is 11.0. The van der Waals surface area contributed by atoms with E-state index in [9.17, 15) is 14.7 Å². The van der Waals surface area contributed by atoms with Gasteiger partial charge in [-0.25, -0.2) is 4.98 Å². The predicted octanol–water partition coefficient (Wildman–Crippen LogP) is 2.07. The molecule has 7 heteroatoms. The van der Waals surface area contributed by atoms with E-state index in [0.29, 0.717) is 11.5 Å². The fraction of sp³-hybridized carbons (Fsp3) is 0.471. The molecule has 0 fully saturated rings. The van der Waals surface area contributed by atoms with E-state index >= 15 is 0 Å². The predicted molar refractivity (Wildman–Crippen MR) is 94.5 cm³/mol. The summed E-state index contributed by atoms with van der Waals surface area (Å²) < 4.78 is 0. The summed E-state index contributed by atoms with van der Waals surface area (Å²) in [6.07, 6.45) is 0. The summed E-state index contributed by atoms with van der Waals surface area (Å²) >= 11 is 1.41. The molecule has 2 aromatic rings. The number of carbonyl (C=O) groups excluding carboxylic acids is 1. The van der Waals surface area contributed by atoms with Crippen LogP contribution in [0.5, 0.6) is 0 Å². The van der Waals surface area contributed by atoms with Gasteiger partial charge in [0.25, 0.3) is 11.5 Å². The van der Waals surface area contributed by atoms with E-state index in [1.165, 1.54) is 11.3 Å². The number of hydrogen-bond acceptors (Lipinski definition) is 5. The summed E-state index contributed by atoms with van der Waals surface area (Å²) in [5.74, 6) is -0.00864. The molecule has 0 aliphatic carbocycles. The van der Waals surface area contributed by atoms with Crippen LogP contribution in [0.3, 0.4) is 0 Å². The van der Waals surface area contributed by atoms with Crippen LogP contribution in [0.4, 0.5) is 0 Å². The van der Waals surface area contributed by atoms with Crippen molar-refractivity contribution in [2.75, 3.05) is 6.54 Å². The highest BCUT2D eigenvalue weighted by atomic mass is 32.1. The fourth-order valence-electron chi connectivity index (χ4n) is 2.22. The van der Waals surface area contributed by atoms with Crippen LogP contribution in [-0.4, -0.2) is 27.5 Å². The minimum absolute atomic E-state index is 0.00620. The Bertz CT molecular complexity index is 786. The van der Waals surface area contributed by atoms with Crippen molar-refractivity contribution < 1.29 is 9.90 Å². The van der Waals surface area contributed by atoms with Gasteiger partial charge in [-0.15, -0.1) is 11.3 Å². The first-order valence-corrected chi connectivity index (χ1v) is 8.56. The first-order valence-electron chi connectivity index (χ1n) is 7.68. The number of carbonyl (C=O) groups is 1. The van der Waals surface area contributed by atoms with Crippen molar-refractivity contribution in [3.05, 3.63) is 49.8 Å². The van der Waals surface area contributed by atoms with E-state index in [1.807, 2.05) is 32.2 Å². The molecule has 1 unspecified atom stereocenters. The van der Waals surface area contributed by atoms with Crippen LogP contribution in [0.2, 0.25) is 0 Å². The van der Waals surface area contributed by atoms with Gasteiger partial charge in [-0.05, 0) is 25.3 Å². The summed E-state index contributed by atoms with van der Waals surface area (Å²) in [4.78, 5) is 32.4. The lowest BCUT2D eigenvalue weighted by atomic mass is 9.95. The second-order valence-electron chi connectivity index (χ2n) is 7.06. The second-order valence-corrected chi connectivity index (χ2v) is 8.01. The molecule has 0 bridgehead atoms. The molecule has 130 valence electrons. The van der Waals surface area contributed by atoms with Gasteiger partial charge in [0, 0.05) is 10.3 Å². The fourth-order valence-corrected chi connectivity index (χ4v) is 3.01. The molecule has 0 spiro atoms. The molecule has 2 rings (SSSR count). The lowest BCUT2D eigenvalue weighted by Crippen LogP contribution is -2.41. The Morgan fingerprint density at radius 3 is 2.54 bits per heavy atom. The molecule has 0 aliphatic rings. The Labute approximate surface area is 145 Å². The third kappa shape index (κ3) is 3.91. The van der Waals surface area contributed by atoms with Crippen LogP contribution in [0.25, 0.3) is 0 Å². The molecule has 24 heavy (non-hydrogen) atoms. The van der Waals surface area contributed by atoms with E-state index in [-0.39, 0.29) is 17.5 Å². The minimum atomic E-state index is -1.19. The zero-order valence-corrected chi connectivity index (χ0v) is 15.4. The molecule has 0 aromatic carbocycles.